The molecule has 2 nitrogen and oxygen atoms in total. The van der Waals surface area contributed by atoms with Gasteiger partial charge in [0.1, 0.15) is 0 Å². The zero-order valence-corrected chi connectivity index (χ0v) is 7.65. The molecule has 1 fully saturated rings. The lowest BCUT2D eigenvalue weighted by molar-refractivity contribution is -0.140. The number of aliphatic carboxylic acids is 1. The topological polar surface area (TPSA) is 37.3 Å². The molecule has 1 aliphatic carbocycles. The van der Waals surface area contributed by atoms with Crippen molar-refractivity contribution in [3.8, 4) is 0 Å². The summed E-state index contributed by atoms with van der Waals surface area (Å²) in [5, 5.41) is 10.9. The lowest BCUT2D eigenvalue weighted by Crippen LogP contribution is -2.18. The number of aryl methyl sites for hydroxylation is 1. The fourth-order valence-electron chi connectivity index (χ4n) is 1.45. The number of thiophene rings is 1. The number of rotatable bonds is 2. The molecule has 1 N–H and O–H groups in total. The van der Waals surface area contributed by atoms with Crippen molar-refractivity contribution in [1.29, 1.82) is 0 Å². The smallest absolute Gasteiger partial charge is 0.314 e. The molecule has 1 aromatic heterocycles. The maximum atomic E-state index is 10.9. The molecule has 3 heteroatoms. The fourth-order valence-corrected chi connectivity index (χ4v) is 2.25. The van der Waals surface area contributed by atoms with Crippen LogP contribution < -0.4 is 0 Å². The van der Waals surface area contributed by atoms with Gasteiger partial charge in [0.2, 0.25) is 0 Å². The molecule has 0 atom stereocenters. The second-order valence-corrected chi connectivity index (χ2v) is 4.45. The van der Waals surface area contributed by atoms with Crippen molar-refractivity contribution >= 4 is 17.3 Å². The van der Waals surface area contributed by atoms with Gasteiger partial charge in [0.15, 0.2) is 0 Å². The third-order valence-electron chi connectivity index (χ3n) is 2.44. The van der Waals surface area contributed by atoms with E-state index in [9.17, 15) is 4.79 Å². The van der Waals surface area contributed by atoms with E-state index in [0.29, 0.717) is 0 Å². The van der Waals surface area contributed by atoms with E-state index in [-0.39, 0.29) is 0 Å². The van der Waals surface area contributed by atoms with Crippen LogP contribution in [0.15, 0.2) is 11.4 Å². The van der Waals surface area contributed by atoms with Gasteiger partial charge in [-0.3, -0.25) is 4.79 Å². The van der Waals surface area contributed by atoms with Gasteiger partial charge in [-0.1, -0.05) is 0 Å². The van der Waals surface area contributed by atoms with Gasteiger partial charge in [-0.2, -0.15) is 0 Å². The molecular weight excluding hydrogens is 172 g/mol. The lowest BCUT2D eigenvalue weighted by atomic mass is 9.99. The van der Waals surface area contributed by atoms with E-state index in [4.69, 9.17) is 5.11 Å². The molecule has 0 aliphatic heterocycles. The third kappa shape index (κ3) is 0.966. The van der Waals surface area contributed by atoms with Crippen LogP contribution in [0.1, 0.15) is 23.3 Å². The zero-order valence-electron chi connectivity index (χ0n) is 6.83. The normalized spacial score (nSPS) is 19.1. The van der Waals surface area contributed by atoms with Gasteiger partial charge in [0, 0.05) is 4.88 Å². The van der Waals surface area contributed by atoms with Crippen LogP contribution >= 0.6 is 11.3 Å². The summed E-state index contributed by atoms with van der Waals surface area (Å²) in [6.07, 6.45) is 1.61. The van der Waals surface area contributed by atoms with Crippen molar-refractivity contribution in [3.63, 3.8) is 0 Å². The average Bonchev–Trinajstić information content (AvgIpc) is 2.71. The quantitative estimate of drug-likeness (QED) is 0.761. The van der Waals surface area contributed by atoms with Crippen LogP contribution in [-0.4, -0.2) is 11.1 Å². The van der Waals surface area contributed by atoms with Crippen molar-refractivity contribution in [3.05, 3.63) is 21.9 Å². The van der Waals surface area contributed by atoms with Crippen LogP contribution in [0, 0.1) is 6.92 Å². The molecule has 0 aromatic carbocycles. The number of hydrogen-bond acceptors (Lipinski definition) is 2. The van der Waals surface area contributed by atoms with E-state index in [0.717, 1.165) is 18.4 Å². The Balaban J connectivity index is 2.36. The van der Waals surface area contributed by atoms with Crippen LogP contribution in [0.4, 0.5) is 0 Å². The minimum absolute atomic E-state index is 0.509. The van der Waals surface area contributed by atoms with Crippen molar-refractivity contribution in [2.45, 2.75) is 25.2 Å². The highest BCUT2D eigenvalue weighted by Crippen LogP contribution is 2.49. The average molecular weight is 182 g/mol. The predicted molar refractivity (Wildman–Crippen MR) is 47.6 cm³/mol. The Labute approximate surface area is 74.8 Å². The summed E-state index contributed by atoms with van der Waals surface area (Å²) >= 11 is 1.63. The molecule has 2 rings (SSSR count). The Bertz CT molecular complexity index is 323. The zero-order chi connectivity index (χ0) is 8.77. The minimum atomic E-state index is -0.666. The lowest BCUT2D eigenvalue weighted by Gasteiger charge is -2.05. The standard InChI is InChI=1S/C9H10O2S/c1-6-4-7(5-12-6)9(2-3-9)8(10)11/h4-5H,2-3H2,1H3,(H,10,11). The highest BCUT2D eigenvalue weighted by molar-refractivity contribution is 7.10. The second kappa shape index (κ2) is 2.33. The first kappa shape index (κ1) is 7.80. The number of carbonyl (C=O) groups is 1. The third-order valence-corrected chi connectivity index (χ3v) is 3.30. The molecule has 1 heterocycles. The number of carboxylic acid groups (broad SMARTS) is 1. The molecule has 0 saturated heterocycles. The molecule has 0 spiro atoms. The van der Waals surface area contributed by atoms with Gasteiger partial charge in [0.05, 0.1) is 5.41 Å². The Morgan fingerprint density at radius 2 is 2.33 bits per heavy atom. The second-order valence-electron chi connectivity index (χ2n) is 3.33. The number of hydrogen-bond donors (Lipinski definition) is 1. The highest BCUT2D eigenvalue weighted by Gasteiger charge is 2.52. The van der Waals surface area contributed by atoms with Crippen LogP contribution in [0.25, 0.3) is 0 Å². The molecule has 0 amide bonds. The SMILES string of the molecule is Cc1cc(C2(C(=O)O)CC2)cs1. The molecule has 0 unspecified atom stereocenters. The van der Waals surface area contributed by atoms with Crippen molar-refractivity contribution in [1.82, 2.24) is 0 Å². The Morgan fingerprint density at radius 3 is 2.67 bits per heavy atom. The molecular formula is C9H10O2S. The van der Waals surface area contributed by atoms with E-state index in [1.165, 1.54) is 4.88 Å². The van der Waals surface area contributed by atoms with Gasteiger partial charge in [-0.15, -0.1) is 11.3 Å². The molecule has 12 heavy (non-hydrogen) atoms. The summed E-state index contributed by atoms with van der Waals surface area (Å²) in [6, 6.07) is 1.99. The van der Waals surface area contributed by atoms with Crippen LogP contribution in [0.2, 0.25) is 0 Å². The van der Waals surface area contributed by atoms with Gasteiger partial charge in [-0.25, -0.2) is 0 Å². The summed E-state index contributed by atoms with van der Waals surface area (Å²) in [5.74, 6) is -0.666. The largest absolute Gasteiger partial charge is 0.481 e. The first-order valence-electron chi connectivity index (χ1n) is 3.94. The Kier molecular flexibility index (Phi) is 1.51. The van der Waals surface area contributed by atoms with E-state index in [2.05, 4.69) is 0 Å². The highest BCUT2D eigenvalue weighted by atomic mass is 32.1. The van der Waals surface area contributed by atoms with E-state index in [1.807, 2.05) is 18.4 Å². The number of carboxylic acids is 1. The van der Waals surface area contributed by atoms with Gasteiger partial charge < -0.3 is 5.11 Å². The van der Waals surface area contributed by atoms with E-state index < -0.39 is 11.4 Å². The summed E-state index contributed by atoms with van der Waals surface area (Å²) in [7, 11) is 0. The van der Waals surface area contributed by atoms with E-state index >= 15 is 0 Å². The first-order valence-corrected chi connectivity index (χ1v) is 4.82. The van der Waals surface area contributed by atoms with Crippen LogP contribution in [0.3, 0.4) is 0 Å². The van der Waals surface area contributed by atoms with Crippen molar-refractivity contribution in [2.75, 3.05) is 0 Å². The summed E-state index contributed by atoms with van der Waals surface area (Å²) < 4.78 is 0. The molecule has 0 bridgehead atoms. The van der Waals surface area contributed by atoms with E-state index in [1.54, 1.807) is 11.3 Å². The summed E-state index contributed by atoms with van der Waals surface area (Å²) in [5.41, 5.74) is 0.489. The maximum Gasteiger partial charge on any atom is 0.314 e. The van der Waals surface area contributed by atoms with Crippen LogP contribution in [-0.2, 0) is 10.2 Å². The maximum absolute atomic E-state index is 10.9. The Hall–Kier alpha value is -0.830. The monoisotopic (exact) mass is 182 g/mol. The molecule has 64 valence electrons. The fraction of sp³-hybridized carbons (Fsp3) is 0.444. The predicted octanol–water partition coefficient (Wildman–Crippen LogP) is 2.17. The van der Waals surface area contributed by atoms with Crippen LogP contribution in [0.5, 0.6) is 0 Å². The van der Waals surface area contributed by atoms with Gasteiger partial charge in [0.25, 0.3) is 0 Å². The van der Waals surface area contributed by atoms with Crippen molar-refractivity contribution < 1.29 is 9.90 Å². The summed E-state index contributed by atoms with van der Waals surface area (Å²) in [6.45, 7) is 2.01. The molecule has 0 radical (unpaired) electrons. The molecule has 1 aromatic rings. The molecule has 1 saturated carbocycles. The van der Waals surface area contributed by atoms with Gasteiger partial charge in [-0.05, 0) is 36.8 Å². The van der Waals surface area contributed by atoms with Crippen molar-refractivity contribution in [2.24, 2.45) is 0 Å². The Morgan fingerprint density at radius 1 is 1.67 bits per heavy atom. The first-order chi connectivity index (χ1) is 5.65. The van der Waals surface area contributed by atoms with Gasteiger partial charge >= 0.3 is 5.97 Å². The summed E-state index contributed by atoms with van der Waals surface area (Å²) in [4.78, 5) is 12.1. The molecule has 1 aliphatic rings. The minimum Gasteiger partial charge on any atom is -0.481 e.